The van der Waals surface area contributed by atoms with Gasteiger partial charge in [-0.25, -0.2) is 0 Å². The molecule has 0 atom stereocenters. The van der Waals surface area contributed by atoms with Gasteiger partial charge in [-0.2, -0.15) is 4.80 Å². The summed E-state index contributed by atoms with van der Waals surface area (Å²) in [6.45, 7) is 0.325. The Hall–Kier alpha value is -3.26. The van der Waals surface area contributed by atoms with Crippen molar-refractivity contribution in [1.29, 1.82) is 0 Å². The van der Waals surface area contributed by atoms with Crippen LogP contribution in [0.25, 0.3) is 11.4 Å². The molecular weight excluding hydrogens is 356 g/mol. The molecule has 0 aliphatic rings. The van der Waals surface area contributed by atoms with Crippen molar-refractivity contribution in [3.8, 4) is 11.4 Å². The lowest BCUT2D eigenvalue weighted by molar-refractivity contribution is -0.122. The van der Waals surface area contributed by atoms with Gasteiger partial charge in [0.15, 0.2) is 0 Å². The Morgan fingerprint density at radius 1 is 1.08 bits per heavy atom. The number of hydrogen-bond donors (Lipinski definition) is 2. The fourth-order valence-electron chi connectivity index (χ4n) is 2.20. The number of halogens is 1. The summed E-state index contributed by atoms with van der Waals surface area (Å²) < 4.78 is 0. The zero-order valence-electron chi connectivity index (χ0n) is 13.6. The molecule has 0 saturated heterocycles. The molecule has 0 fully saturated rings. The van der Waals surface area contributed by atoms with Crippen molar-refractivity contribution < 1.29 is 9.59 Å². The van der Waals surface area contributed by atoms with Crippen molar-refractivity contribution >= 4 is 23.4 Å². The molecule has 26 heavy (non-hydrogen) atoms. The Bertz CT molecular complexity index is 921. The number of amides is 2. The highest BCUT2D eigenvalue weighted by Gasteiger charge is 2.10. The smallest absolute Gasteiger partial charge is 0.248 e. The summed E-state index contributed by atoms with van der Waals surface area (Å²) in [7, 11) is 0. The number of nitrogens with two attached hydrogens (primary N) is 1. The molecule has 2 amide bonds. The fraction of sp³-hybridized carbons (Fsp3) is 0.118. The van der Waals surface area contributed by atoms with Crippen LogP contribution in [0.5, 0.6) is 0 Å². The van der Waals surface area contributed by atoms with Crippen LogP contribution in [0.15, 0.2) is 48.5 Å². The Morgan fingerprint density at radius 2 is 1.77 bits per heavy atom. The maximum absolute atomic E-state index is 12.0. The molecule has 8 nitrogen and oxygen atoms in total. The standard InChI is InChI=1S/C17H15ClN6O2/c18-14-7-1-11(2-8-14)9-20-15(25)10-24-22-17(21-23-24)13-5-3-12(4-6-13)16(19)26/h1-8H,9-10H2,(H2,19,26)(H,20,25). The Balaban J connectivity index is 1.58. The van der Waals surface area contributed by atoms with Crippen LogP contribution >= 0.6 is 11.6 Å². The molecule has 3 N–H and O–H groups in total. The van der Waals surface area contributed by atoms with E-state index in [1.165, 1.54) is 4.80 Å². The third-order valence-electron chi connectivity index (χ3n) is 3.57. The number of carbonyl (C=O) groups is 2. The number of benzene rings is 2. The first-order valence-corrected chi connectivity index (χ1v) is 8.08. The molecule has 2 aromatic carbocycles. The van der Waals surface area contributed by atoms with Crippen molar-refractivity contribution in [3.05, 3.63) is 64.7 Å². The number of aromatic nitrogens is 4. The van der Waals surface area contributed by atoms with Crippen LogP contribution in [-0.4, -0.2) is 32.0 Å². The molecule has 9 heteroatoms. The zero-order valence-corrected chi connectivity index (χ0v) is 14.3. The van der Waals surface area contributed by atoms with Crippen LogP contribution in [-0.2, 0) is 17.9 Å². The maximum Gasteiger partial charge on any atom is 0.248 e. The van der Waals surface area contributed by atoms with Crippen LogP contribution in [0.1, 0.15) is 15.9 Å². The summed E-state index contributed by atoms with van der Waals surface area (Å²) >= 11 is 5.82. The minimum Gasteiger partial charge on any atom is -0.366 e. The predicted octanol–water partition coefficient (Wildman–Crippen LogP) is 1.41. The molecule has 0 unspecified atom stereocenters. The molecule has 0 radical (unpaired) electrons. The summed E-state index contributed by atoms with van der Waals surface area (Å²) in [6, 6.07) is 13.7. The SMILES string of the molecule is NC(=O)c1ccc(-c2nnn(CC(=O)NCc3ccc(Cl)cc3)n2)cc1. The minimum absolute atomic E-state index is 0.0556. The molecule has 1 aromatic heterocycles. The highest BCUT2D eigenvalue weighted by atomic mass is 35.5. The third kappa shape index (κ3) is 4.42. The van der Waals surface area contributed by atoms with E-state index in [9.17, 15) is 9.59 Å². The quantitative estimate of drug-likeness (QED) is 0.680. The minimum atomic E-state index is -0.509. The number of rotatable bonds is 6. The van der Waals surface area contributed by atoms with Gasteiger partial charge in [-0.3, -0.25) is 9.59 Å². The summed E-state index contributed by atoms with van der Waals surface area (Å²) in [5.74, 6) is -0.398. The highest BCUT2D eigenvalue weighted by molar-refractivity contribution is 6.30. The van der Waals surface area contributed by atoms with Gasteiger partial charge in [0.2, 0.25) is 17.6 Å². The average molecular weight is 371 g/mol. The van der Waals surface area contributed by atoms with Crippen molar-refractivity contribution in [3.63, 3.8) is 0 Å². The second-order valence-electron chi connectivity index (χ2n) is 5.49. The predicted molar refractivity (Wildman–Crippen MR) is 95.1 cm³/mol. The highest BCUT2D eigenvalue weighted by Crippen LogP contribution is 2.14. The van der Waals surface area contributed by atoms with E-state index >= 15 is 0 Å². The normalized spacial score (nSPS) is 10.5. The van der Waals surface area contributed by atoms with Gasteiger partial charge in [-0.15, -0.1) is 10.2 Å². The van der Waals surface area contributed by atoms with Gasteiger partial charge in [-0.05, 0) is 35.0 Å². The Kier molecular flexibility index (Phi) is 5.23. The lowest BCUT2D eigenvalue weighted by atomic mass is 10.1. The van der Waals surface area contributed by atoms with Crippen molar-refractivity contribution in [2.75, 3.05) is 0 Å². The van der Waals surface area contributed by atoms with Gasteiger partial charge in [0.25, 0.3) is 0 Å². The van der Waals surface area contributed by atoms with Gasteiger partial charge >= 0.3 is 0 Å². The van der Waals surface area contributed by atoms with Crippen LogP contribution in [0.3, 0.4) is 0 Å². The molecular formula is C17H15ClN6O2. The third-order valence-corrected chi connectivity index (χ3v) is 3.82. The van der Waals surface area contributed by atoms with Gasteiger partial charge in [0, 0.05) is 22.7 Å². The Labute approximate surface area is 154 Å². The molecule has 0 aliphatic heterocycles. The van der Waals surface area contributed by atoms with Gasteiger partial charge in [0.1, 0.15) is 6.54 Å². The number of tetrazole rings is 1. The van der Waals surface area contributed by atoms with E-state index in [1.807, 2.05) is 12.1 Å². The van der Waals surface area contributed by atoms with E-state index < -0.39 is 5.91 Å². The number of primary amides is 1. The second kappa shape index (κ2) is 7.75. The number of carbonyl (C=O) groups excluding carboxylic acids is 2. The van der Waals surface area contributed by atoms with Crippen LogP contribution < -0.4 is 11.1 Å². The first kappa shape index (κ1) is 17.6. The molecule has 0 spiro atoms. The number of nitrogens with one attached hydrogen (secondary N) is 1. The molecule has 0 aliphatic carbocycles. The van der Waals surface area contributed by atoms with Crippen molar-refractivity contribution in [2.24, 2.45) is 5.73 Å². The van der Waals surface area contributed by atoms with Gasteiger partial charge in [0.05, 0.1) is 0 Å². The van der Waals surface area contributed by atoms with Crippen LogP contribution in [0, 0.1) is 0 Å². The van der Waals surface area contributed by atoms with Crippen molar-refractivity contribution in [2.45, 2.75) is 13.1 Å². The lowest BCUT2D eigenvalue weighted by Crippen LogP contribution is -2.28. The summed E-state index contributed by atoms with van der Waals surface area (Å²) in [5.41, 5.74) is 7.20. The van der Waals surface area contributed by atoms with Gasteiger partial charge in [-0.1, -0.05) is 35.9 Å². The van der Waals surface area contributed by atoms with E-state index in [0.29, 0.717) is 28.5 Å². The first-order chi connectivity index (χ1) is 12.5. The molecule has 3 rings (SSSR count). The summed E-state index contributed by atoms with van der Waals surface area (Å²) in [5, 5.41) is 15.4. The monoisotopic (exact) mass is 370 g/mol. The van der Waals surface area contributed by atoms with E-state index in [-0.39, 0.29) is 12.5 Å². The maximum atomic E-state index is 12.0. The number of nitrogens with zero attached hydrogens (tertiary/aromatic N) is 4. The van der Waals surface area contributed by atoms with E-state index in [4.69, 9.17) is 17.3 Å². The first-order valence-electron chi connectivity index (χ1n) is 7.70. The largest absolute Gasteiger partial charge is 0.366 e. The average Bonchev–Trinajstić information content (AvgIpc) is 3.10. The number of hydrogen-bond acceptors (Lipinski definition) is 5. The molecule has 0 saturated carbocycles. The van der Waals surface area contributed by atoms with E-state index in [0.717, 1.165) is 5.56 Å². The van der Waals surface area contributed by atoms with Gasteiger partial charge < -0.3 is 11.1 Å². The fourth-order valence-corrected chi connectivity index (χ4v) is 2.32. The van der Waals surface area contributed by atoms with Crippen LogP contribution in [0.4, 0.5) is 0 Å². The summed E-state index contributed by atoms with van der Waals surface area (Å²) in [4.78, 5) is 24.3. The Morgan fingerprint density at radius 3 is 2.42 bits per heavy atom. The molecule has 0 bridgehead atoms. The van der Waals surface area contributed by atoms with Crippen LogP contribution in [0.2, 0.25) is 5.02 Å². The topological polar surface area (TPSA) is 116 Å². The summed E-state index contributed by atoms with van der Waals surface area (Å²) in [6.07, 6.45) is 0. The van der Waals surface area contributed by atoms with E-state index in [1.54, 1.807) is 36.4 Å². The zero-order chi connectivity index (χ0) is 18.5. The van der Waals surface area contributed by atoms with Crippen molar-refractivity contribution in [1.82, 2.24) is 25.5 Å². The lowest BCUT2D eigenvalue weighted by Gasteiger charge is -2.04. The molecule has 132 valence electrons. The second-order valence-corrected chi connectivity index (χ2v) is 5.92. The van der Waals surface area contributed by atoms with E-state index in [2.05, 4.69) is 20.7 Å². The molecule has 1 heterocycles. The molecule has 3 aromatic rings.